The van der Waals surface area contributed by atoms with Crippen molar-refractivity contribution < 1.29 is 9.59 Å². The number of carbonyl (C=O) groups is 2. The molecule has 6 nitrogen and oxygen atoms in total. The van der Waals surface area contributed by atoms with Crippen molar-refractivity contribution in [2.24, 2.45) is 5.41 Å². The standard InChI is InChI=1S/C15H18N4O2/c1-10-11(12(20)7-13(21)15(2,3)4)5-6-14(18-10)19-9-16-8-17-19/h5-6,8-9H,7H2,1-4H3. The summed E-state index contributed by atoms with van der Waals surface area (Å²) in [6.45, 7) is 7.17. The van der Waals surface area contributed by atoms with E-state index in [4.69, 9.17) is 0 Å². The molecule has 0 bridgehead atoms. The van der Waals surface area contributed by atoms with Crippen molar-refractivity contribution >= 4 is 11.6 Å². The van der Waals surface area contributed by atoms with E-state index < -0.39 is 5.41 Å². The van der Waals surface area contributed by atoms with Gasteiger partial charge < -0.3 is 0 Å². The molecule has 0 spiro atoms. The fourth-order valence-corrected chi connectivity index (χ4v) is 1.80. The van der Waals surface area contributed by atoms with Gasteiger partial charge in [0.1, 0.15) is 18.4 Å². The Morgan fingerprint density at radius 2 is 1.95 bits per heavy atom. The third-order valence-electron chi connectivity index (χ3n) is 3.18. The highest BCUT2D eigenvalue weighted by molar-refractivity contribution is 6.09. The van der Waals surface area contributed by atoms with E-state index in [9.17, 15) is 9.59 Å². The molecule has 0 aliphatic rings. The molecule has 0 aliphatic heterocycles. The smallest absolute Gasteiger partial charge is 0.172 e. The van der Waals surface area contributed by atoms with E-state index >= 15 is 0 Å². The van der Waals surface area contributed by atoms with Crippen LogP contribution in [0.25, 0.3) is 5.82 Å². The van der Waals surface area contributed by atoms with Crippen molar-refractivity contribution in [1.82, 2.24) is 19.7 Å². The fourth-order valence-electron chi connectivity index (χ4n) is 1.80. The molecule has 0 unspecified atom stereocenters. The van der Waals surface area contributed by atoms with E-state index in [0.29, 0.717) is 17.1 Å². The second-order valence-electron chi connectivity index (χ2n) is 5.92. The van der Waals surface area contributed by atoms with Gasteiger partial charge in [-0.3, -0.25) is 9.59 Å². The van der Waals surface area contributed by atoms with Gasteiger partial charge in [0.05, 0.1) is 12.1 Å². The molecule has 2 aromatic rings. The van der Waals surface area contributed by atoms with Gasteiger partial charge in [-0.2, -0.15) is 5.10 Å². The highest BCUT2D eigenvalue weighted by Crippen LogP contribution is 2.19. The molecule has 2 heterocycles. The van der Waals surface area contributed by atoms with E-state index in [1.54, 1.807) is 19.1 Å². The molecule has 0 aromatic carbocycles. The van der Waals surface area contributed by atoms with Crippen LogP contribution in [0.1, 0.15) is 43.2 Å². The van der Waals surface area contributed by atoms with E-state index in [1.807, 2.05) is 20.8 Å². The minimum atomic E-state index is -0.516. The fraction of sp³-hybridized carbons (Fsp3) is 0.400. The molecule has 6 heteroatoms. The zero-order valence-electron chi connectivity index (χ0n) is 12.6. The summed E-state index contributed by atoms with van der Waals surface area (Å²) in [6, 6.07) is 3.37. The van der Waals surface area contributed by atoms with Crippen LogP contribution in [0.2, 0.25) is 0 Å². The number of hydrogen-bond acceptors (Lipinski definition) is 5. The molecular weight excluding hydrogens is 268 g/mol. The minimum absolute atomic E-state index is 0.0766. The highest BCUT2D eigenvalue weighted by Gasteiger charge is 2.25. The molecular formula is C15H18N4O2. The van der Waals surface area contributed by atoms with Gasteiger partial charge in [0.2, 0.25) is 0 Å². The van der Waals surface area contributed by atoms with Gasteiger partial charge in [-0.1, -0.05) is 20.8 Å². The predicted molar refractivity (Wildman–Crippen MR) is 77.3 cm³/mol. The van der Waals surface area contributed by atoms with Crippen LogP contribution in [0.15, 0.2) is 24.8 Å². The van der Waals surface area contributed by atoms with E-state index in [2.05, 4.69) is 15.1 Å². The number of aromatic nitrogens is 4. The summed E-state index contributed by atoms with van der Waals surface area (Å²) in [4.78, 5) is 32.4. The highest BCUT2D eigenvalue weighted by atomic mass is 16.1. The van der Waals surface area contributed by atoms with E-state index in [0.717, 1.165) is 0 Å². The summed E-state index contributed by atoms with van der Waals surface area (Å²) < 4.78 is 1.52. The lowest BCUT2D eigenvalue weighted by molar-refractivity contribution is -0.125. The summed E-state index contributed by atoms with van der Waals surface area (Å²) in [7, 11) is 0. The molecule has 0 radical (unpaired) electrons. The zero-order valence-corrected chi connectivity index (χ0v) is 12.6. The SMILES string of the molecule is Cc1nc(-n2cncn2)ccc1C(=O)CC(=O)C(C)(C)C. The van der Waals surface area contributed by atoms with Gasteiger partial charge in [0.25, 0.3) is 0 Å². The van der Waals surface area contributed by atoms with Crippen molar-refractivity contribution in [3.63, 3.8) is 0 Å². The van der Waals surface area contributed by atoms with Crippen LogP contribution in [0.3, 0.4) is 0 Å². The van der Waals surface area contributed by atoms with E-state index in [1.165, 1.54) is 17.3 Å². The number of nitrogens with zero attached hydrogens (tertiary/aromatic N) is 4. The van der Waals surface area contributed by atoms with Gasteiger partial charge in [-0.05, 0) is 19.1 Å². The Hall–Kier alpha value is -2.37. The number of Topliss-reactive ketones (excluding diaryl/α,β-unsaturated/α-hetero) is 2. The monoisotopic (exact) mass is 286 g/mol. The first-order valence-electron chi connectivity index (χ1n) is 6.68. The maximum Gasteiger partial charge on any atom is 0.172 e. The maximum atomic E-state index is 12.2. The van der Waals surface area contributed by atoms with Gasteiger partial charge in [0.15, 0.2) is 11.6 Å². The first kappa shape index (κ1) is 15.0. The number of hydrogen-bond donors (Lipinski definition) is 0. The van der Waals surface area contributed by atoms with Crippen molar-refractivity contribution in [2.45, 2.75) is 34.1 Å². The zero-order chi connectivity index (χ0) is 15.6. The molecule has 0 aliphatic carbocycles. The van der Waals surface area contributed by atoms with E-state index in [-0.39, 0.29) is 18.0 Å². The van der Waals surface area contributed by atoms with Crippen LogP contribution in [0, 0.1) is 12.3 Å². The molecule has 110 valence electrons. The Labute approximate surface area is 123 Å². The van der Waals surface area contributed by atoms with Crippen molar-refractivity contribution in [1.29, 1.82) is 0 Å². The third-order valence-corrected chi connectivity index (χ3v) is 3.18. The van der Waals surface area contributed by atoms with Crippen LogP contribution < -0.4 is 0 Å². The summed E-state index contributed by atoms with van der Waals surface area (Å²) in [5.74, 6) is 0.306. The lowest BCUT2D eigenvalue weighted by Crippen LogP contribution is -2.23. The third kappa shape index (κ3) is 3.39. The first-order chi connectivity index (χ1) is 9.79. The first-order valence-corrected chi connectivity index (χ1v) is 6.68. The molecule has 0 atom stereocenters. The van der Waals surface area contributed by atoms with Gasteiger partial charge >= 0.3 is 0 Å². The summed E-state index contributed by atoms with van der Waals surface area (Å²) in [5, 5.41) is 3.99. The Bertz CT molecular complexity index is 669. The van der Waals surface area contributed by atoms with Crippen molar-refractivity contribution in [2.75, 3.05) is 0 Å². The van der Waals surface area contributed by atoms with Crippen LogP contribution in [-0.4, -0.2) is 31.3 Å². The Morgan fingerprint density at radius 1 is 1.24 bits per heavy atom. The second-order valence-corrected chi connectivity index (χ2v) is 5.92. The number of pyridine rings is 1. The number of rotatable bonds is 4. The molecule has 0 saturated heterocycles. The molecule has 0 fully saturated rings. The lowest BCUT2D eigenvalue weighted by Gasteiger charge is -2.16. The Kier molecular flexibility index (Phi) is 3.97. The van der Waals surface area contributed by atoms with Crippen molar-refractivity contribution in [3.05, 3.63) is 36.0 Å². The summed E-state index contributed by atoms with van der Waals surface area (Å²) in [5.41, 5.74) is 0.531. The van der Waals surface area contributed by atoms with Gasteiger partial charge in [-0.25, -0.2) is 14.6 Å². The molecule has 0 amide bonds. The summed E-state index contributed by atoms with van der Waals surface area (Å²) in [6.07, 6.45) is 2.85. The van der Waals surface area contributed by atoms with Crippen molar-refractivity contribution in [3.8, 4) is 5.82 Å². The second kappa shape index (κ2) is 5.55. The molecule has 2 aromatic heterocycles. The maximum absolute atomic E-state index is 12.2. The van der Waals surface area contributed by atoms with Gasteiger partial charge in [0, 0.05) is 11.0 Å². The van der Waals surface area contributed by atoms with Crippen LogP contribution >= 0.6 is 0 Å². The Morgan fingerprint density at radius 3 is 2.48 bits per heavy atom. The van der Waals surface area contributed by atoms with Crippen LogP contribution in [0.4, 0.5) is 0 Å². The molecule has 21 heavy (non-hydrogen) atoms. The van der Waals surface area contributed by atoms with Crippen LogP contribution in [-0.2, 0) is 4.79 Å². The number of ketones is 2. The lowest BCUT2D eigenvalue weighted by atomic mass is 9.87. The van der Waals surface area contributed by atoms with Gasteiger partial charge in [-0.15, -0.1) is 0 Å². The quantitative estimate of drug-likeness (QED) is 0.635. The average Bonchev–Trinajstić information content (AvgIpc) is 2.90. The normalized spacial score (nSPS) is 11.4. The molecule has 2 rings (SSSR count). The molecule has 0 N–H and O–H groups in total. The molecule has 0 saturated carbocycles. The average molecular weight is 286 g/mol. The summed E-state index contributed by atoms with van der Waals surface area (Å²) >= 11 is 0. The topological polar surface area (TPSA) is 77.7 Å². The number of aryl methyl sites for hydroxylation is 1. The minimum Gasteiger partial charge on any atom is -0.299 e. The Balaban J connectivity index is 2.22. The van der Waals surface area contributed by atoms with Crippen LogP contribution in [0.5, 0.6) is 0 Å². The predicted octanol–water partition coefficient (Wildman–Crippen LogP) is 2.16. The number of carbonyl (C=O) groups excluding carboxylic acids is 2. The largest absolute Gasteiger partial charge is 0.299 e.